The van der Waals surface area contributed by atoms with Crippen molar-refractivity contribution in [3.05, 3.63) is 12.2 Å². The number of esters is 2. The molecule has 0 aromatic carbocycles. The third-order valence-corrected chi connectivity index (χ3v) is 8.91. The van der Waals surface area contributed by atoms with Gasteiger partial charge in [-0.05, 0) is 32.1 Å². The third-order valence-electron chi connectivity index (χ3n) is 8.91. The summed E-state index contributed by atoms with van der Waals surface area (Å²) in [6, 6.07) is -0.610. The van der Waals surface area contributed by atoms with E-state index in [-0.39, 0.29) is 36.2 Å². The fourth-order valence-corrected chi connectivity index (χ4v) is 5.78. The lowest BCUT2D eigenvalue weighted by atomic mass is 10.0. The van der Waals surface area contributed by atoms with E-state index in [4.69, 9.17) is 14.2 Å². The Kier molecular flexibility index (Phi) is 31.0. The molecule has 8 heteroatoms. The normalized spacial score (nSPS) is 13.1. The largest absolute Gasteiger partial charge is 0.477 e. The van der Waals surface area contributed by atoms with Crippen molar-refractivity contribution < 1.29 is 38.2 Å². The summed E-state index contributed by atoms with van der Waals surface area (Å²) in [5.74, 6) is -1.47. The van der Waals surface area contributed by atoms with Crippen molar-refractivity contribution in [2.24, 2.45) is 0 Å². The average molecular weight is 683 g/mol. The molecule has 0 spiro atoms. The number of ether oxygens (including phenoxy) is 3. The highest BCUT2D eigenvalue weighted by Crippen LogP contribution is 2.14. The number of likely N-dealkylation sites (N-methyl/N-ethyl adjacent to an activating group) is 1. The Labute approximate surface area is 295 Å². The van der Waals surface area contributed by atoms with E-state index in [1.165, 1.54) is 89.9 Å². The molecule has 0 aromatic rings. The van der Waals surface area contributed by atoms with Crippen LogP contribution in [0.3, 0.4) is 0 Å². The van der Waals surface area contributed by atoms with E-state index in [1.807, 2.05) is 21.1 Å². The number of quaternary nitrogens is 1. The Morgan fingerprint density at radius 3 is 1.56 bits per heavy atom. The van der Waals surface area contributed by atoms with Crippen molar-refractivity contribution >= 4 is 17.9 Å². The minimum absolute atomic E-state index is 0.0491. The van der Waals surface area contributed by atoms with Crippen molar-refractivity contribution in [2.45, 2.75) is 187 Å². The maximum Gasteiger partial charge on any atom is 0.362 e. The molecule has 0 aromatic heterocycles. The van der Waals surface area contributed by atoms with Gasteiger partial charge in [0.2, 0.25) is 0 Å². The molecule has 0 fully saturated rings. The number of nitrogens with zero attached hydrogens (tertiary/aromatic N) is 1. The molecule has 2 atom stereocenters. The lowest BCUT2D eigenvalue weighted by molar-refractivity contribution is -0.887. The van der Waals surface area contributed by atoms with Gasteiger partial charge in [0.05, 0.1) is 34.4 Å². The minimum Gasteiger partial charge on any atom is -0.477 e. The third kappa shape index (κ3) is 30.2. The van der Waals surface area contributed by atoms with E-state index < -0.39 is 18.1 Å². The molecule has 0 aliphatic carbocycles. The predicted octanol–water partition coefficient (Wildman–Crippen LogP) is 9.97. The number of hydrogen-bond acceptors (Lipinski definition) is 6. The van der Waals surface area contributed by atoms with E-state index in [9.17, 15) is 19.5 Å². The van der Waals surface area contributed by atoms with Crippen LogP contribution >= 0.6 is 0 Å². The number of aliphatic carboxylic acids is 1. The molecule has 48 heavy (non-hydrogen) atoms. The van der Waals surface area contributed by atoms with Gasteiger partial charge < -0.3 is 23.8 Å². The summed E-state index contributed by atoms with van der Waals surface area (Å²) in [7, 11) is 5.52. The fraction of sp³-hybridized carbons (Fsp3) is 0.875. The molecule has 0 saturated carbocycles. The van der Waals surface area contributed by atoms with Gasteiger partial charge in [-0.25, -0.2) is 4.79 Å². The van der Waals surface area contributed by atoms with Crippen LogP contribution in [0.1, 0.15) is 174 Å². The zero-order valence-corrected chi connectivity index (χ0v) is 32.0. The zero-order valence-electron chi connectivity index (χ0n) is 32.0. The molecule has 0 rings (SSSR count). The van der Waals surface area contributed by atoms with Crippen LogP contribution in [-0.4, -0.2) is 80.6 Å². The van der Waals surface area contributed by atoms with Crippen molar-refractivity contribution in [1.29, 1.82) is 0 Å². The highest BCUT2D eigenvalue weighted by molar-refractivity contribution is 5.72. The van der Waals surface area contributed by atoms with E-state index in [1.54, 1.807) is 0 Å². The molecular weight excluding hydrogens is 606 g/mol. The number of carbonyl (C=O) groups excluding carboxylic acids is 2. The highest BCUT2D eigenvalue weighted by Gasteiger charge is 2.31. The zero-order chi connectivity index (χ0) is 35.7. The molecule has 0 aliphatic heterocycles. The average Bonchev–Trinajstić information content (AvgIpc) is 3.03. The monoisotopic (exact) mass is 683 g/mol. The van der Waals surface area contributed by atoms with E-state index >= 15 is 0 Å². The van der Waals surface area contributed by atoms with Crippen LogP contribution in [0.5, 0.6) is 0 Å². The maximum absolute atomic E-state index is 12.6. The molecule has 2 unspecified atom stereocenters. The van der Waals surface area contributed by atoms with Gasteiger partial charge in [-0.1, -0.05) is 135 Å². The fourth-order valence-electron chi connectivity index (χ4n) is 5.78. The van der Waals surface area contributed by atoms with Crippen molar-refractivity contribution in [3.63, 3.8) is 0 Å². The molecule has 282 valence electrons. The van der Waals surface area contributed by atoms with Crippen molar-refractivity contribution in [1.82, 2.24) is 0 Å². The number of carboxylic acids is 1. The number of hydrogen-bond donors (Lipinski definition) is 1. The Balaban J connectivity index is 4.39. The summed E-state index contributed by atoms with van der Waals surface area (Å²) in [5, 5.41) is 9.58. The smallest absolute Gasteiger partial charge is 0.362 e. The Bertz CT molecular complexity index is 808. The van der Waals surface area contributed by atoms with E-state index in [0.717, 1.165) is 51.4 Å². The van der Waals surface area contributed by atoms with Crippen molar-refractivity contribution in [2.75, 3.05) is 41.0 Å². The first-order valence-corrected chi connectivity index (χ1v) is 19.7. The summed E-state index contributed by atoms with van der Waals surface area (Å²) in [6.07, 6.45) is 31.0. The van der Waals surface area contributed by atoms with Gasteiger partial charge in [-0.3, -0.25) is 9.59 Å². The van der Waals surface area contributed by atoms with Gasteiger partial charge in [0.25, 0.3) is 0 Å². The summed E-state index contributed by atoms with van der Waals surface area (Å²) in [5.41, 5.74) is 0. The van der Waals surface area contributed by atoms with Crippen LogP contribution in [0.2, 0.25) is 0 Å². The molecule has 8 nitrogen and oxygen atoms in total. The molecular formula is C40H76NO7+. The van der Waals surface area contributed by atoms with Gasteiger partial charge in [0, 0.05) is 19.3 Å². The molecule has 0 heterocycles. The number of rotatable bonds is 35. The van der Waals surface area contributed by atoms with Gasteiger partial charge in [0.15, 0.2) is 12.1 Å². The second kappa shape index (κ2) is 32.3. The van der Waals surface area contributed by atoms with Crippen LogP contribution in [0, 0.1) is 0 Å². The Hall–Kier alpha value is -1.93. The van der Waals surface area contributed by atoms with Crippen LogP contribution in [0.15, 0.2) is 12.2 Å². The van der Waals surface area contributed by atoms with Gasteiger partial charge in [-0.2, -0.15) is 0 Å². The molecule has 1 N–H and O–H groups in total. The Morgan fingerprint density at radius 2 is 1.06 bits per heavy atom. The topological polar surface area (TPSA) is 99.1 Å². The van der Waals surface area contributed by atoms with E-state index in [0.29, 0.717) is 19.3 Å². The van der Waals surface area contributed by atoms with Crippen LogP contribution < -0.4 is 0 Å². The second-order valence-corrected chi connectivity index (χ2v) is 14.5. The van der Waals surface area contributed by atoms with Gasteiger partial charge >= 0.3 is 17.9 Å². The highest BCUT2D eigenvalue weighted by atomic mass is 16.6. The first-order valence-electron chi connectivity index (χ1n) is 19.7. The van der Waals surface area contributed by atoms with Gasteiger partial charge in [-0.15, -0.1) is 0 Å². The molecule has 0 radical (unpaired) electrons. The number of carbonyl (C=O) groups is 3. The summed E-state index contributed by atoms with van der Waals surface area (Å²) in [6.45, 7) is 4.69. The van der Waals surface area contributed by atoms with Crippen LogP contribution in [0.25, 0.3) is 0 Å². The van der Waals surface area contributed by atoms with Crippen molar-refractivity contribution in [3.8, 4) is 0 Å². The molecule has 0 saturated heterocycles. The lowest BCUT2D eigenvalue weighted by Crippen LogP contribution is -2.50. The first kappa shape index (κ1) is 46.1. The summed E-state index contributed by atoms with van der Waals surface area (Å²) in [4.78, 5) is 36.7. The molecule has 0 bridgehead atoms. The standard InChI is InChI=1S/C40H75NO7/c1-6-8-10-12-14-16-18-19-21-22-24-26-28-30-38(42)47-35-36(34-46-33-32-37(40(44)45)41(3,4)5)48-39(43)31-29-27-25-23-20-17-15-13-11-9-7-2/h13,15,36-37H,6-12,14,16-35H2,1-5H3/p+1/b15-13+. The Morgan fingerprint density at radius 1 is 0.604 bits per heavy atom. The van der Waals surface area contributed by atoms with Crippen LogP contribution in [0.4, 0.5) is 0 Å². The summed E-state index contributed by atoms with van der Waals surface area (Å²) >= 11 is 0. The number of unbranched alkanes of at least 4 members (excludes halogenated alkanes) is 19. The second-order valence-electron chi connectivity index (χ2n) is 14.5. The first-order chi connectivity index (χ1) is 23.1. The molecule has 0 aliphatic rings. The predicted molar refractivity (Wildman–Crippen MR) is 197 cm³/mol. The van der Waals surface area contributed by atoms with E-state index in [2.05, 4.69) is 26.0 Å². The van der Waals surface area contributed by atoms with Gasteiger partial charge in [0.1, 0.15) is 6.61 Å². The minimum atomic E-state index is -0.875. The quantitative estimate of drug-likeness (QED) is 0.0307. The lowest BCUT2D eigenvalue weighted by Gasteiger charge is -2.31. The SMILES string of the molecule is CCCC/C=C/CCCCCCCC(=O)OC(COCCC(C(=O)O)[N+](C)(C)C)COC(=O)CCCCCCCCCCCCCCC. The molecule has 0 amide bonds. The van der Waals surface area contributed by atoms with Crippen LogP contribution in [-0.2, 0) is 28.6 Å². The number of allylic oxidation sites excluding steroid dienone is 2. The maximum atomic E-state index is 12.6. The number of carboxylic acid groups (broad SMARTS) is 1. The summed E-state index contributed by atoms with van der Waals surface area (Å²) < 4.78 is 17.2.